The number of allylic oxidation sites excluding steroid dienone is 1. The predicted octanol–water partition coefficient (Wildman–Crippen LogP) is 4.52. The first kappa shape index (κ1) is 11.7. The highest BCUT2D eigenvalue weighted by molar-refractivity contribution is 6.37. The van der Waals surface area contributed by atoms with E-state index in [2.05, 4.69) is 0 Å². The summed E-state index contributed by atoms with van der Waals surface area (Å²) in [5, 5.41) is 1.19. The molecule has 1 aromatic rings. The third-order valence-corrected chi connectivity index (χ3v) is 3.44. The quantitative estimate of drug-likeness (QED) is 0.674. The van der Waals surface area contributed by atoms with Crippen LogP contribution in [0.4, 0.5) is 0 Å². The molecule has 0 unspecified atom stereocenters. The van der Waals surface area contributed by atoms with Gasteiger partial charge in [0.05, 0.1) is 0 Å². The van der Waals surface area contributed by atoms with Crippen LogP contribution in [0.3, 0.4) is 0 Å². The summed E-state index contributed by atoms with van der Waals surface area (Å²) in [7, 11) is 0. The maximum absolute atomic E-state index is 11.7. The van der Waals surface area contributed by atoms with Gasteiger partial charge in [0.2, 0.25) is 0 Å². The van der Waals surface area contributed by atoms with Gasteiger partial charge in [-0.2, -0.15) is 0 Å². The number of hydrogen-bond donors (Lipinski definition) is 0. The number of rotatable bonds is 1. The highest BCUT2D eigenvalue weighted by Crippen LogP contribution is 2.29. The zero-order chi connectivity index (χ0) is 11.5. The van der Waals surface area contributed by atoms with Crippen LogP contribution in [0.2, 0.25) is 10.0 Å². The Bertz CT molecular complexity index is 429. The Morgan fingerprint density at radius 3 is 2.31 bits per heavy atom. The van der Waals surface area contributed by atoms with E-state index in [9.17, 15) is 4.79 Å². The van der Waals surface area contributed by atoms with Crippen molar-refractivity contribution < 1.29 is 4.79 Å². The fourth-order valence-electron chi connectivity index (χ4n) is 1.88. The summed E-state index contributed by atoms with van der Waals surface area (Å²) in [5.41, 5.74) is 1.61. The number of ketones is 1. The molecular weight excluding hydrogens is 243 g/mol. The van der Waals surface area contributed by atoms with Gasteiger partial charge in [0, 0.05) is 22.0 Å². The van der Waals surface area contributed by atoms with Crippen molar-refractivity contribution >= 4 is 35.1 Å². The molecule has 0 aliphatic heterocycles. The smallest absolute Gasteiger partial charge is 0.158 e. The Kier molecular flexibility index (Phi) is 3.67. The molecular formula is C13H12Cl2O. The normalized spacial score (nSPS) is 19.1. The van der Waals surface area contributed by atoms with Crippen LogP contribution in [-0.4, -0.2) is 5.78 Å². The minimum Gasteiger partial charge on any atom is -0.295 e. The molecule has 3 heteroatoms. The molecule has 2 rings (SSSR count). The number of carbonyl (C=O) groups excluding carboxylic acids is 1. The minimum atomic E-state index is 0.224. The van der Waals surface area contributed by atoms with Crippen LogP contribution in [-0.2, 0) is 4.79 Å². The van der Waals surface area contributed by atoms with Crippen LogP contribution >= 0.6 is 23.2 Å². The Labute approximate surface area is 105 Å². The first-order valence-corrected chi connectivity index (χ1v) is 6.12. The van der Waals surface area contributed by atoms with Gasteiger partial charge in [0.25, 0.3) is 0 Å². The summed E-state index contributed by atoms with van der Waals surface area (Å²) in [6, 6.07) is 5.37. The van der Waals surface area contributed by atoms with Crippen molar-refractivity contribution in [2.45, 2.75) is 25.7 Å². The maximum atomic E-state index is 11.7. The SMILES string of the molecule is O=C1CCCC/C1=C\c1c(Cl)cccc1Cl. The van der Waals surface area contributed by atoms with Crippen molar-refractivity contribution in [1.29, 1.82) is 0 Å². The van der Waals surface area contributed by atoms with Crippen molar-refractivity contribution in [3.05, 3.63) is 39.4 Å². The minimum absolute atomic E-state index is 0.224. The number of carbonyl (C=O) groups is 1. The third kappa shape index (κ3) is 2.47. The zero-order valence-electron chi connectivity index (χ0n) is 8.80. The van der Waals surface area contributed by atoms with Gasteiger partial charge in [-0.05, 0) is 43.0 Å². The Hall–Kier alpha value is -0.790. The second-order valence-electron chi connectivity index (χ2n) is 3.94. The second kappa shape index (κ2) is 5.03. The summed E-state index contributed by atoms with van der Waals surface area (Å²) < 4.78 is 0. The lowest BCUT2D eigenvalue weighted by molar-refractivity contribution is -0.116. The van der Waals surface area contributed by atoms with Crippen molar-refractivity contribution in [2.75, 3.05) is 0 Å². The highest BCUT2D eigenvalue weighted by Gasteiger charge is 2.15. The fraction of sp³-hybridized carbons (Fsp3) is 0.308. The summed E-state index contributed by atoms with van der Waals surface area (Å²) in [4.78, 5) is 11.7. The van der Waals surface area contributed by atoms with Gasteiger partial charge >= 0.3 is 0 Å². The fourth-order valence-corrected chi connectivity index (χ4v) is 2.38. The van der Waals surface area contributed by atoms with Crippen LogP contribution in [0.1, 0.15) is 31.2 Å². The lowest BCUT2D eigenvalue weighted by Crippen LogP contribution is -2.08. The van der Waals surface area contributed by atoms with E-state index in [-0.39, 0.29) is 5.78 Å². The standard InChI is InChI=1S/C13H12Cl2O/c14-11-5-3-6-12(15)10(11)8-9-4-1-2-7-13(9)16/h3,5-6,8H,1-2,4,7H2/b9-8+. The largest absolute Gasteiger partial charge is 0.295 e. The van der Waals surface area contributed by atoms with Gasteiger partial charge in [-0.3, -0.25) is 4.79 Å². The molecule has 1 aromatic carbocycles. The molecule has 1 fully saturated rings. The Morgan fingerprint density at radius 1 is 1.06 bits per heavy atom. The van der Waals surface area contributed by atoms with Crippen LogP contribution < -0.4 is 0 Å². The van der Waals surface area contributed by atoms with Gasteiger partial charge in [0.15, 0.2) is 5.78 Å². The Morgan fingerprint density at radius 2 is 1.69 bits per heavy atom. The van der Waals surface area contributed by atoms with Gasteiger partial charge in [-0.1, -0.05) is 29.3 Å². The van der Waals surface area contributed by atoms with E-state index in [1.165, 1.54) is 0 Å². The lowest BCUT2D eigenvalue weighted by Gasteiger charge is -2.13. The molecule has 1 aliphatic rings. The van der Waals surface area contributed by atoms with E-state index in [1.54, 1.807) is 18.2 Å². The summed E-state index contributed by atoms with van der Waals surface area (Å²) >= 11 is 12.1. The molecule has 0 aromatic heterocycles. The lowest BCUT2D eigenvalue weighted by atomic mass is 9.92. The van der Waals surface area contributed by atoms with Crippen molar-refractivity contribution in [3.63, 3.8) is 0 Å². The van der Waals surface area contributed by atoms with E-state index < -0.39 is 0 Å². The average molecular weight is 255 g/mol. The summed E-state index contributed by atoms with van der Waals surface area (Å²) in [6.07, 6.45) is 5.38. The molecule has 0 amide bonds. The Balaban J connectivity index is 2.38. The van der Waals surface area contributed by atoms with Gasteiger partial charge < -0.3 is 0 Å². The monoisotopic (exact) mass is 254 g/mol. The summed E-state index contributed by atoms with van der Waals surface area (Å²) in [6.45, 7) is 0. The van der Waals surface area contributed by atoms with Gasteiger partial charge in [0.1, 0.15) is 0 Å². The van der Waals surface area contributed by atoms with Crippen LogP contribution in [0.15, 0.2) is 23.8 Å². The van der Waals surface area contributed by atoms with Crippen molar-refractivity contribution in [2.24, 2.45) is 0 Å². The highest BCUT2D eigenvalue weighted by atomic mass is 35.5. The average Bonchev–Trinajstić information content (AvgIpc) is 2.26. The first-order chi connectivity index (χ1) is 7.68. The van der Waals surface area contributed by atoms with Gasteiger partial charge in [-0.25, -0.2) is 0 Å². The van der Waals surface area contributed by atoms with E-state index in [0.717, 1.165) is 30.4 Å². The third-order valence-electron chi connectivity index (χ3n) is 2.78. The molecule has 0 saturated heterocycles. The number of benzene rings is 1. The van der Waals surface area contributed by atoms with E-state index in [0.29, 0.717) is 16.5 Å². The molecule has 0 bridgehead atoms. The molecule has 1 nitrogen and oxygen atoms in total. The summed E-state index contributed by atoms with van der Waals surface area (Å²) in [5.74, 6) is 0.224. The van der Waals surface area contributed by atoms with E-state index >= 15 is 0 Å². The van der Waals surface area contributed by atoms with E-state index in [1.807, 2.05) is 6.08 Å². The predicted molar refractivity (Wildman–Crippen MR) is 67.9 cm³/mol. The van der Waals surface area contributed by atoms with E-state index in [4.69, 9.17) is 23.2 Å². The van der Waals surface area contributed by atoms with Crippen LogP contribution in [0.25, 0.3) is 6.08 Å². The molecule has 1 aliphatic carbocycles. The second-order valence-corrected chi connectivity index (χ2v) is 4.75. The van der Waals surface area contributed by atoms with Crippen molar-refractivity contribution in [3.8, 4) is 0 Å². The van der Waals surface area contributed by atoms with Crippen LogP contribution in [0, 0.1) is 0 Å². The van der Waals surface area contributed by atoms with Gasteiger partial charge in [-0.15, -0.1) is 0 Å². The molecule has 0 spiro atoms. The zero-order valence-corrected chi connectivity index (χ0v) is 10.3. The molecule has 84 valence electrons. The molecule has 0 radical (unpaired) electrons. The maximum Gasteiger partial charge on any atom is 0.158 e. The molecule has 0 N–H and O–H groups in total. The molecule has 1 saturated carbocycles. The molecule has 0 atom stereocenters. The first-order valence-electron chi connectivity index (χ1n) is 5.36. The number of Topliss-reactive ketones (excluding diaryl/α,β-unsaturated/α-hetero) is 1. The number of halogens is 2. The van der Waals surface area contributed by atoms with Crippen LogP contribution in [0.5, 0.6) is 0 Å². The van der Waals surface area contributed by atoms with Crippen molar-refractivity contribution in [1.82, 2.24) is 0 Å². The topological polar surface area (TPSA) is 17.1 Å². The number of hydrogen-bond acceptors (Lipinski definition) is 1. The molecule has 0 heterocycles. The molecule has 16 heavy (non-hydrogen) atoms.